The Hall–Kier alpha value is -2.77. The van der Waals surface area contributed by atoms with Crippen molar-refractivity contribution >= 4 is 17.6 Å². The highest BCUT2D eigenvalue weighted by Gasteiger charge is 2.17. The maximum atomic E-state index is 13.4. The smallest absolute Gasteiger partial charge is 0.325 e. The zero-order valence-corrected chi connectivity index (χ0v) is 10.0. The van der Waals surface area contributed by atoms with E-state index in [1.54, 1.807) is 0 Å². The van der Waals surface area contributed by atoms with Crippen LogP contribution < -0.4 is 5.32 Å². The standard InChI is InChI=1S/C12H9F2N3O3/c13-8-2-1-3-9(14)11(8)12(20)16-7-4-15-17(5-7)6-10(18)19/h1-5H,6H2,(H,16,20)(H,18,19). The van der Waals surface area contributed by atoms with E-state index in [2.05, 4.69) is 10.4 Å². The molecule has 1 heterocycles. The summed E-state index contributed by atoms with van der Waals surface area (Å²) < 4.78 is 27.8. The van der Waals surface area contributed by atoms with Crippen LogP contribution in [0.5, 0.6) is 0 Å². The molecule has 0 atom stereocenters. The molecular formula is C12H9F2N3O3. The third-order valence-electron chi connectivity index (χ3n) is 2.38. The fourth-order valence-electron chi connectivity index (χ4n) is 1.56. The summed E-state index contributed by atoms with van der Waals surface area (Å²) in [4.78, 5) is 22.2. The van der Waals surface area contributed by atoms with E-state index in [0.29, 0.717) is 0 Å². The molecule has 0 radical (unpaired) electrons. The predicted molar refractivity (Wildman–Crippen MR) is 64.2 cm³/mol. The number of hydrogen-bond acceptors (Lipinski definition) is 3. The molecule has 104 valence electrons. The van der Waals surface area contributed by atoms with Gasteiger partial charge in [0, 0.05) is 6.20 Å². The van der Waals surface area contributed by atoms with Crippen molar-refractivity contribution in [3.8, 4) is 0 Å². The van der Waals surface area contributed by atoms with Crippen molar-refractivity contribution in [1.82, 2.24) is 9.78 Å². The van der Waals surface area contributed by atoms with Crippen molar-refractivity contribution in [3.63, 3.8) is 0 Å². The van der Waals surface area contributed by atoms with Crippen molar-refractivity contribution < 1.29 is 23.5 Å². The number of rotatable bonds is 4. The van der Waals surface area contributed by atoms with Crippen LogP contribution in [0.2, 0.25) is 0 Å². The molecular weight excluding hydrogens is 272 g/mol. The van der Waals surface area contributed by atoms with Gasteiger partial charge in [-0.05, 0) is 12.1 Å². The zero-order chi connectivity index (χ0) is 14.7. The highest BCUT2D eigenvalue weighted by atomic mass is 19.1. The summed E-state index contributed by atoms with van der Waals surface area (Å²) >= 11 is 0. The summed E-state index contributed by atoms with van der Waals surface area (Å²) in [7, 11) is 0. The molecule has 0 fully saturated rings. The van der Waals surface area contributed by atoms with Crippen molar-refractivity contribution in [2.24, 2.45) is 0 Å². The molecule has 0 aliphatic heterocycles. The van der Waals surface area contributed by atoms with Crippen LogP contribution in [0.1, 0.15) is 10.4 Å². The average Bonchev–Trinajstić information content (AvgIpc) is 2.75. The number of aliphatic carboxylic acids is 1. The number of nitrogens with zero attached hydrogens (tertiary/aromatic N) is 2. The van der Waals surface area contributed by atoms with Gasteiger partial charge in [0.2, 0.25) is 0 Å². The van der Waals surface area contributed by atoms with E-state index >= 15 is 0 Å². The van der Waals surface area contributed by atoms with Crippen LogP contribution in [0.15, 0.2) is 30.6 Å². The number of aromatic nitrogens is 2. The molecule has 0 spiro atoms. The van der Waals surface area contributed by atoms with E-state index in [0.717, 1.165) is 22.9 Å². The number of anilines is 1. The maximum Gasteiger partial charge on any atom is 0.325 e. The summed E-state index contributed by atoms with van der Waals surface area (Å²) in [6.07, 6.45) is 2.42. The molecule has 0 aliphatic carbocycles. The van der Waals surface area contributed by atoms with Crippen LogP contribution in [-0.2, 0) is 11.3 Å². The monoisotopic (exact) mass is 281 g/mol. The Labute approximate surface area is 111 Å². The first-order valence-corrected chi connectivity index (χ1v) is 5.47. The van der Waals surface area contributed by atoms with Gasteiger partial charge in [0.1, 0.15) is 23.7 Å². The molecule has 0 saturated carbocycles. The minimum absolute atomic E-state index is 0.138. The Morgan fingerprint density at radius 1 is 1.30 bits per heavy atom. The lowest BCUT2D eigenvalue weighted by molar-refractivity contribution is -0.137. The molecule has 0 unspecified atom stereocenters. The molecule has 2 rings (SSSR count). The summed E-state index contributed by atoms with van der Waals surface area (Å²) in [5.74, 6) is -4.05. The molecule has 8 heteroatoms. The first kappa shape index (κ1) is 13.7. The molecule has 1 aromatic carbocycles. The minimum Gasteiger partial charge on any atom is -0.480 e. The molecule has 0 aliphatic rings. The number of carboxylic acid groups (broad SMARTS) is 1. The van der Waals surface area contributed by atoms with Crippen LogP contribution in [-0.4, -0.2) is 26.8 Å². The number of carboxylic acids is 1. The molecule has 0 saturated heterocycles. The van der Waals surface area contributed by atoms with Crippen molar-refractivity contribution in [2.45, 2.75) is 6.54 Å². The maximum absolute atomic E-state index is 13.4. The van der Waals surface area contributed by atoms with Gasteiger partial charge in [-0.15, -0.1) is 0 Å². The van der Waals surface area contributed by atoms with Crippen molar-refractivity contribution in [1.29, 1.82) is 0 Å². The number of benzene rings is 1. The van der Waals surface area contributed by atoms with Gasteiger partial charge in [0.25, 0.3) is 5.91 Å². The highest BCUT2D eigenvalue weighted by Crippen LogP contribution is 2.14. The Morgan fingerprint density at radius 2 is 1.95 bits per heavy atom. The van der Waals surface area contributed by atoms with E-state index in [9.17, 15) is 18.4 Å². The second kappa shape index (κ2) is 5.47. The van der Waals surface area contributed by atoms with E-state index < -0.39 is 29.1 Å². The Morgan fingerprint density at radius 3 is 2.55 bits per heavy atom. The number of halogens is 2. The normalized spacial score (nSPS) is 10.3. The highest BCUT2D eigenvalue weighted by molar-refractivity contribution is 6.04. The topological polar surface area (TPSA) is 84.2 Å². The third-order valence-corrected chi connectivity index (χ3v) is 2.38. The fraction of sp³-hybridized carbons (Fsp3) is 0.0833. The van der Waals surface area contributed by atoms with Gasteiger partial charge in [-0.3, -0.25) is 14.3 Å². The van der Waals surface area contributed by atoms with Gasteiger partial charge < -0.3 is 10.4 Å². The summed E-state index contributed by atoms with van der Waals surface area (Å²) in [5.41, 5.74) is -0.572. The quantitative estimate of drug-likeness (QED) is 0.889. The predicted octanol–water partition coefficient (Wildman–Crippen LogP) is 1.50. The SMILES string of the molecule is O=C(O)Cn1cc(NC(=O)c2c(F)cccc2F)cn1. The lowest BCUT2D eigenvalue weighted by Gasteiger charge is -2.04. The van der Waals surface area contributed by atoms with Gasteiger partial charge in [0.15, 0.2) is 0 Å². The Balaban J connectivity index is 2.16. The van der Waals surface area contributed by atoms with E-state index in [-0.39, 0.29) is 12.2 Å². The summed E-state index contributed by atoms with van der Waals surface area (Å²) in [6.45, 7) is -0.385. The second-order valence-corrected chi connectivity index (χ2v) is 3.87. The van der Waals surface area contributed by atoms with Gasteiger partial charge in [-0.25, -0.2) is 8.78 Å². The summed E-state index contributed by atoms with van der Waals surface area (Å²) in [6, 6.07) is 3.07. The van der Waals surface area contributed by atoms with Crippen LogP contribution in [0.25, 0.3) is 0 Å². The zero-order valence-electron chi connectivity index (χ0n) is 10.0. The van der Waals surface area contributed by atoms with Crippen LogP contribution in [0.3, 0.4) is 0 Å². The Bertz CT molecular complexity index is 649. The lowest BCUT2D eigenvalue weighted by Crippen LogP contribution is -2.15. The number of carbonyl (C=O) groups excluding carboxylic acids is 1. The van der Waals surface area contributed by atoms with Gasteiger partial charge in [-0.1, -0.05) is 6.07 Å². The van der Waals surface area contributed by atoms with Gasteiger partial charge in [0.05, 0.1) is 11.9 Å². The molecule has 20 heavy (non-hydrogen) atoms. The molecule has 6 nitrogen and oxygen atoms in total. The third kappa shape index (κ3) is 2.97. The largest absolute Gasteiger partial charge is 0.480 e. The van der Waals surface area contributed by atoms with Crippen LogP contribution >= 0.6 is 0 Å². The first-order valence-electron chi connectivity index (χ1n) is 5.47. The average molecular weight is 281 g/mol. The number of carbonyl (C=O) groups is 2. The van der Waals surface area contributed by atoms with E-state index in [1.807, 2.05) is 0 Å². The first-order chi connectivity index (χ1) is 9.47. The molecule has 2 N–H and O–H groups in total. The van der Waals surface area contributed by atoms with Crippen LogP contribution in [0.4, 0.5) is 14.5 Å². The van der Waals surface area contributed by atoms with Gasteiger partial charge in [-0.2, -0.15) is 5.10 Å². The van der Waals surface area contributed by atoms with Crippen LogP contribution in [0, 0.1) is 11.6 Å². The fourth-order valence-corrected chi connectivity index (χ4v) is 1.56. The van der Waals surface area contributed by atoms with Crippen molar-refractivity contribution in [2.75, 3.05) is 5.32 Å². The molecule has 1 amide bonds. The van der Waals surface area contributed by atoms with Gasteiger partial charge >= 0.3 is 5.97 Å². The lowest BCUT2D eigenvalue weighted by atomic mass is 10.2. The minimum atomic E-state index is -1.11. The van der Waals surface area contributed by atoms with E-state index in [1.165, 1.54) is 12.4 Å². The Kier molecular flexibility index (Phi) is 3.74. The van der Waals surface area contributed by atoms with Crippen molar-refractivity contribution in [3.05, 3.63) is 47.8 Å². The molecule has 0 bridgehead atoms. The number of hydrogen-bond donors (Lipinski definition) is 2. The number of nitrogens with one attached hydrogen (secondary N) is 1. The molecule has 2 aromatic rings. The number of amides is 1. The summed E-state index contributed by atoms with van der Waals surface area (Å²) in [5, 5.41) is 14.5. The molecule has 1 aromatic heterocycles. The second-order valence-electron chi connectivity index (χ2n) is 3.87. The van der Waals surface area contributed by atoms with E-state index in [4.69, 9.17) is 5.11 Å².